The third kappa shape index (κ3) is 5.10. The van der Waals surface area contributed by atoms with Crippen molar-refractivity contribution in [1.82, 2.24) is 4.90 Å². The van der Waals surface area contributed by atoms with Crippen LogP contribution in [0.4, 0.5) is 5.69 Å². The number of carbonyl (C=O) groups excluding carboxylic acids is 2. The molecule has 2 amide bonds. The molecule has 0 aliphatic carbocycles. The van der Waals surface area contributed by atoms with E-state index < -0.39 is 0 Å². The Morgan fingerprint density at radius 1 is 1.08 bits per heavy atom. The quantitative estimate of drug-likeness (QED) is 0.864. The zero-order valence-electron chi connectivity index (χ0n) is 13.9. The van der Waals surface area contributed by atoms with Crippen LogP contribution in [0.1, 0.15) is 25.0 Å². The molecule has 0 aliphatic rings. The molecule has 0 atom stereocenters. The van der Waals surface area contributed by atoms with Gasteiger partial charge in [-0.3, -0.25) is 9.59 Å². The summed E-state index contributed by atoms with van der Waals surface area (Å²) in [6.45, 7) is 3.81. The number of hydrogen-bond acceptors (Lipinski definition) is 2. The first-order chi connectivity index (χ1) is 11.5. The number of rotatable bonds is 6. The molecule has 2 aromatic carbocycles. The van der Waals surface area contributed by atoms with Gasteiger partial charge in [0.2, 0.25) is 11.8 Å². The number of halogens is 1. The van der Waals surface area contributed by atoms with E-state index in [1.165, 1.54) is 17.4 Å². The molecule has 0 unspecified atom stereocenters. The summed E-state index contributed by atoms with van der Waals surface area (Å²) in [5.74, 6) is -0.409. The highest BCUT2D eigenvalue weighted by Gasteiger charge is 2.15. The first kappa shape index (κ1) is 18.0. The number of anilines is 1. The van der Waals surface area contributed by atoms with Gasteiger partial charge in [-0.25, -0.2) is 0 Å². The standard InChI is InChI=1S/C19H21ClN2O2/c1-3-15-8-10-17(11-9-15)21-19(24)13-22(14(2)23)12-16-6-4-5-7-18(16)20/h4-11H,3,12-13H2,1-2H3,(H,21,24). The predicted molar refractivity (Wildman–Crippen MR) is 97.0 cm³/mol. The molecule has 24 heavy (non-hydrogen) atoms. The van der Waals surface area contributed by atoms with Crippen molar-refractivity contribution in [2.24, 2.45) is 0 Å². The highest BCUT2D eigenvalue weighted by molar-refractivity contribution is 6.31. The first-order valence-electron chi connectivity index (χ1n) is 7.87. The van der Waals surface area contributed by atoms with Crippen LogP contribution in [0.3, 0.4) is 0 Å². The summed E-state index contributed by atoms with van der Waals surface area (Å²) in [5, 5.41) is 3.40. The fourth-order valence-electron chi connectivity index (χ4n) is 2.31. The van der Waals surface area contributed by atoms with Crippen molar-refractivity contribution >= 4 is 29.1 Å². The monoisotopic (exact) mass is 344 g/mol. The second kappa shape index (κ2) is 8.50. The van der Waals surface area contributed by atoms with Crippen molar-refractivity contribution < 1.29 is 9.59 Å². The lowest BCUT2D eigenvalue weighted by atomic mass is 10.1. The van der Waals surface area contributed by atoms with Gasteiger partial charge < -0.3 is 10.2 Å². The van der Waals surface area contributed by atoms with E-state index in [0.717, 1.165) is 17.7 Å². The van der Waals surface area contributed by atoms with Gasteiger partial charge in [0, 0.05) is 24.2 Å². The zero-order chi connectivity index (χ0) is 17.5. The molecule has 0 bridgehead atoms. The summed E-state index contributed by atoms with van der Waals surface area (Å²) in [4.78, 5) is 25.5. The summed E-state index contributed by atoms with van der Waals surface area (Å²) in [7, 11) is 0. The number of nitrogens with zero attached hydrogens (tertiary/aromatic N) is 1. The number of hydrogen-bond donors (Lipinski definition) is 1. The van der Waals surface area contributed by atoms with Crippen LogP contribution in [0, 0.1) is 0 Å². The molecule has 0 aromatic heterocycles. The van der Waals surface area contributed by atoms with Gasteiger partial charge in [0.25, 0.3) is 0 Å². The molecule has 0 aliphatic heterocycles. The minimum absolute atomic E-state index is 0.0178. The van der Waals surface area contributed by atoms with E-state index in [0.29, 0.717) is 11.6 Å². The molecule has 4 nitrogen and oxygen atoms in total. The summed E-state index contributed by atoms with van der Waals surface area (Å²) in [5.41, 5.74) is 2.74. The molecule has 0 fully saturated rings. The lowest BCUT2D eigenvalue weighted by Crippen LogP contribution is -2.36. The zero-order valence-corrected chi connectivity index (χ0v) is 14.6. The summed E-state index contributed by atoms with van der Waals surface area (Å²) < 4.78 is 0. The van der Waals surface area contributed by atoms with Crippen molar-refractivity contribution in [3.8, 4) is 0 Å². The second-order valence-electron chi connectivity index (χ2n) is 5.57. The molecule has 5 heteroatoms. The van der Waals surface area contributed by atoms with Gasteiger partial charge in [-0.2, -0.15) is 0 Å². The van der Waals surface area contributed by atoms with E-state index in [2.05, 4.69) is 12.2 Å². The Hall–Kier alpha value is -2.33. The number of amides is 2. The smallest absolute Gasteiger partial charge is 0.244 e. The topological polar surface area (TPSA) is 49.4 Å². The Bertz CT molecular complexity index is 714. The van der Waals surface area contributed by atoms with Crippen LogP contribution < -0.4 is 5.32 Å². The van der Waals surface area contributed by atoms with Gasteiger partial charge in [-0.1, -0.05) is 48.9 Å². The summed E-state index contributed by atoms with van der Waals surface area (Å²) in [6, 6.07) is 15.0. The summed E-state index contributed by atoms with van der Waals surface area (Å²) >= 11 is 6.13. The van der Waals surface area contributed by atoms with Gasteiger partial charge >= 0.3 is 0 Å². The van der Waals surface area contributed by atoms with Crippen LogP contribution >= 0.6 is 11.6 Å². The molecule has 0 radical (unpaired) electrons. The van der Waals surface area contributed by atoms with Crippen molar-refractivity contribution in [2.75, 3.05) is 11.9 Å². The number of benzene rings is 2. The fourth-order valence-corrected chi connectivity index (χ4v) is 2.50. The summed E-state index contributed by atoms with van der Waals surface area (Å²) in [6.07, 6.45) is 0.949. The van der Waals surface area contributed by atoms with Crippen molar-refractivity contribution in [3.05, 3.63) is 64.7 Å². The SMILES string of the molecule is CCc1ccc(NC(=O)CN(Cc2ccccc2Cl)C(C)=O)cc1. The molecule has 0 spiro atoms. The largest absolute Gasteiger partial charge is 0.329 e. The van der Waals surface area contributed by atoms with Crippen molar-refractivity contribution in [3.63, 3.8) is 0 Å². The normalized spacial score (nSPS) is 10.3. The van der Waals surface area contributed by atoms with E-state index in [1.54, 1.807) is 6.07 Å². The highest BCUT2D eigenvalue weighted by Crippen LogP contribution is 2.17. The molecule has 2 aromatic rings. The van der Waals surface area contributed by atoms with Crippen LogP contribution in [0.15, 0.2) is 48.5 Å². The molecular formula is C19H21ClN2O2. The lowest BCUT2D eigenvalue weighted by Gasteiger charge is -2.21. The van der Waals surface area contributed by atoms with Crippen LogP contribution in [-0.4, -0.2) is 23.3 Å². The first-order valence-corrected chi connectivity index (χ1v) is 8.25. The number of nitrogens with one attached hydrogen (secondary N) is 1. The van der Waals surface area contributed by atoms with Gasteiger partial charge in [0.15, 0.2) is 0 Å². The number of carbonyl (C=O) groups is 2. The van der Waals surface area contributed by atoms with Gasteiger partial charge in [0.05, 0.1) is 0 Å². The Morgan fingerprint density at radius 3 is 2.33 bits per heavy atom. The number of aryl methyl sites for hydroxylation is 1. The lowest BCUT2D eigenvalue weighted by molar-refractivity contribution is -0.133. The van der Waals surface area contributed by atoms with E-state index in [9.17, 15) is 9.59 Å². The third-order valence-corrected chi connectivity index (χ3v) is 4.11. The molecule has 2 rings (SSSR count). The second-order valence-corrected chi connectivity index (χ2v) is 5.97. The molecule has 1 N–H and O–H groups in total. The maximum Gasteiger partial charge on any atom is 0.244 e. The molecule has 126 valence electrons. The fraction of sp³-hybridized carbons (Fsp3) is 0.263. The van der Waals surface area contributed by atoms with Crippen LogP contribution in [0.25, 0.3) is 0 Å². The van der Waals surface area contributed by atoms with E-state index >= 15 is 0 Å². The Kier molecular flexibility index (Phi) is 6.38. The Morgan fingerprint density at radius 2 is 1.75 bits per heavy atom. The van der Waals surface area contributed by atoms with Crippen LogP contribution in [-0.2, 0) is 22.6 Å². The van der Waals surface area contributed by atoms with E-state index in [-0.39, 0.29) is 18.4 Å². The molecule has 0 heterocycles. The van der Waals surface area contributed by atoms with Crippen molar-refractivity contribution in [2.45, 2.75) is 26.8 Å². The van der Waals surface area contributed by atoms with Gasteiger partial charge in [-0.05, 0) is 35.7 Å². The minimum atomic E-state index is -0.235. The minimum Gasteiger partial charge on any atom is -0.329 e. The molecule has 0 saturated heterocycles. The molecular weight excluding hydrogens is 324 g/mol. The molecule has 0 saturated carbocycles. The highest BCUT2D eigenvalue weighted by atomic mass is 35.5. The van der Waals surface area contributed by atoms with Gasteiger partial charge in [-0.15, -0.1) is 0 Å². The average molecular weight is 345 g/mol. The van der Waals surface area contributed by atoms with E-state index in [4.69, 9.17) is 11.6 Å². The van der Waals surface area contributed by atoms with Crippen molar-refractivity contribution in [1.29, 1.82) is 0 Å². The Labute approximate surface area is 147 Å². The predicted octanol–water partition coefficient (Wildman–Crippen LogP) is 3.89. The average Bonchev–Trinajstić information content (AvgIpc) is 2.56. The third-order valence-electron chi connectivity index (χ3n) is 3.74. The van der Waals surface area contributed by atoms with Crippen LogP contribution in [0.2, 0.25) is 5.02 Å². The maximum atomic E-state index is 12.2. The van der Waals surface area contributed by atoms with E-state index in [1.807, 2.05) is 42.5 Å². The van der Waals surface area contributed by atoms with Gasteiger partial charge in [0.1, 0.15) is 6.54 Å². The van der Waals surface area contributed by atoms with Crippen LogP contribution in [0.5, 0.6) is 0 Å². The Balaban J connectivity index is 2.00. The maximum absolute atomic E-state index is 12.2.